The van der Waals surface area contributed by atoms with Crippen molar-refractivity contribution in [3.8, 4) is 5.75 Å². The summed E-state index contributed by atoms with van der Waals surface area (Å²) in [5, 5.41) is 6.56. The first kappa shape index (κ1) is 13.3. The molecule has 4 rings (SSSR count). The van der Waals surface area contributed by atoms with E-state index >= 15 is 0 Å². The van der Waals surface area contributed by atoms with Gasteiger partial charge in [-0.1, -0.05) is 30.3 Å². The van der Waals surface area contributed by atoms with E-state index in [0.717, 1.165) is 35.5 Å². The van der Waals surface area contributed by atoms with Gasteiger partial charge in [0.25, 0.3) is 0 Å². The molecule has 2 aliphatic rings. The number of anilines is 1. The molecular weight excluding hydrogens is 276 g/mol. The molecule has 2 N–H and O–H groups in total. The van der Waals surface area contributed by atoms with Crippen LogP contribution in [0.2, 0.25) is 0 Å². The molecule has 2 atom stereocenters. The molecule has 22 heavy (non-hydrogen) atoms. The van der Waals surface area contributed by atoms with Gasteiger partial charge in [-0.15, -0.1) is 0 Å². The lowest BCUT2D eigenvalue weighted by atomic mass is 9.73. The van der Waals surface area contributed by atoms with Crippen LogP contribution in [0.1, 0.15) is 23.6 Å². The Morgan fingerprint density at radius 1 is 1.14 bits per heavy atom. The summed E-state index contributed by atoms with van der Waals surface area (Å²) in [6, 6.07) is 16.0. The first-order valence-corrected chi connectivity index (χ1v) is 7.54. The Morgan fingerprint density at radius 3 is 2.68 bits per heavy atom. The van der Waals surface area contributed by atoms with Gasteiger partial charge in [0.1, 0.15) is 5.75 Å². The van der Waals surface area contributed by atoms with Gasteiger partial charge in [-0.25, -0.2) is 0 Å². The minimum atomic E-state index is -0.509. The second-order valence-corrected chi connectivity index (χ2v) is 5.88. The lowest BCUT2D eigenvalue weighted by molar-refractivity contribution is -0.121. The number of hydrogen-bond donors (Lipinski definition) is 2. The van der Waals surface area contributed by atoms with Gasteiger partial charge < -0.3 is 15.4 Å². The Hall–Kier alpha value is -2.33. The second-order valence-electron chi connectivity index (χ2n) is 5.88. The van der Waals surface area contributed by atoms with Crippen molar-refractivity contribution in [2.45, 2.75) is 17.9 Å². The first-order valence-electron chi connectivity index (χ1n) is 7.54. The summed E-state index contributed by atoms with van der Waals surface area (Å²) in [6.07, 6.45) is 0.812. The molecule has 0 unspecified atom stereocenters. The van der Waals surface area contributed by atoms with E-state index in [0.29, 0.717) is 0 Å². The summed E-state index contributed by atoms with van der Waals surface area (Å²) in [6.45, 7) is 0.832. The van der Waals surface area contributed by atoms with Crippen molar-refractivity contribution >= 4 is 11.6 Å². The highest BCUT2D eigenvalue weighted by atomic mass is 16.5. The number of rotatable bonds is 2. The number of para-hydroxylation sites is 1. The smallest absolute Gasteiger partial charge is 0.237 e. The van der Waals surface area contributed by atoms with Crippen molar-refractivity contribution in [1.82, 2.24) is 5.32 Å². The Labute approximate surface area is 129 Å². The summed E-state index contributed by atoms with van der Waals surface area (Å²) in [7, 11) is 1.66. The summed E-state index contributed by atoms with van der Waals surface area (Å²) in [5.74, 6) is 0.923. The molecule has 2 aromatic rings. The standard InChI is InChI=1S/C18H18N2O2/c1-22-13-8-6-12(7-9-13)16-18(10-11-19-16)14-4-2-3-5-15(14)20-17(18)21/h2-9,16,19H,10-11H2,1H3,(H,20,21)/t16-,18+/m0/s1. The van der Waals surface area contributed by atoms with E-state index in [1.807, 2.05) is 42.5 Å². The highest BCUT2D eigenvalue weighted by Gasteiger charge is 2.55. The van der Waals surface area contributed by atoms with Gasteiger partial charge >= 0.3 is 0 Å². The van der Waals surface area contributed by atoms with E-state index in [4.69, 9.17) is 4.74 Å². The molecule has 0 aromatic heterocycles. The first-order chi connectivity index (χ1) is 10.8. The lowest BCUT2D eigenvalue weighted by Gasteiger charge is -2.29. The molecule has 2 aliphatic heterocycles. The van der Waals surface area contributed by atoms with Crippen LogP contribution in [0.25, 0.3) is 0 Å². The Morgan fingerprint density at radius 2 is 1.91 bits per heavy atom. The molecule has 1 fully saturated rings. The second kappa shape index (κ2) is 4.85. The minimum Gasteiger partial charge on any atom is -0.497 e. The molecule has 0 aliphatic carbocycles. The summed E-state index contributed by atoms with van der Waals surface area (Å²) in [4.78, 5) is 12.8. The van der Waals surface area contributed by atoms with Crippen LogP contribution >= 0.6 is 0 Å². The SMILES string of the molecule is COc1ccc([C@@H]2NCC[C@]23C(=O)Nc2ccccc23)cc1. The van der Waals surface area contributed by atoms with Gasteiger partial charge in [0, 0.05) is 5.69 Å². The number of carbonyl (C=O) groups is 1. The number of methoxy groups -OCH3 is 1. The zero-order valence-electron chi connectivity index (χ0n) is 12.4. The summed E-state index contributed by atoms with van der Waals surface area (Å²) < 4.78 is 5.23. The molecule has 112 valence electrons. The maximum atomic E-state index is 12.8. The third-order valence-electron chi connectivity index (χ3n) is 4.87. The van der Waals surface area contributed by atoms with Gasteiger partial charge in [-0.2, -0.15) is 0 Å². The molecule has 0 bridgehead atoms. The van der Waals surface area contributed by atoms with Gasteiger partial charge in [0.05, 0.1) is 18.6 Å². The maximum Gasteiger partial charge on any atom is 0.237 e. The van der Waals surface area contributed by atoms with E-state index in [2.05, 4.69) is 16.7 Å². The third-order valence-corrected chi connectivity index (χ3v) is 4.87. The van der Waals surface area contributed by atoms with Crippen LogP contribution in [0.3, 0.4) is 0 Å². The van der Waals surface area contributed by atoms with Gasteiger partial charge in [-0.3, -0.25) is 4.79 Å². The third kappa shape index (κ3) is 1.70. The highest BCUT2D eigenvalue weighted by molar-refractivity contribution is 6.07. The number of amides is 1. The van der Waals surface area contributed by atoms with E-state index in [-0.39, 0.29) is 11.9 Å². The monoisotopic (exact) mass is 294 g/mol. The number of nitrogens with one attached hydrogen (secondary N) is 2. The van der Waals surface area contributed by atoms with Crippen molar-refractivity contribution in [3.05, 3.63) is 59.7 Å². The molecule has 0 saturated carbocycles. The summed E-state index contributed by atoms with van der Waals surface area (Å²) in [5.41, 5.74) is 2.65. The van der Waals surface area contributed by atoms with E-state index in [9.17, 15) is 4.79 Å². The molecule has 1 amide bonds. The number of carbonyl (C=O) groups excluding carboxylic acids is 1. The number of ether oxygens (including phenoxy) is 1. The molecule has 4 heteroatoms. The zero-order chi connectivity index (χ0) is 15.2. The lowest BCUT2D eigenvalue weighted by Crippen LogP contribution is -2.39. The van der Waals surface area contributed by atoms with Gasteiger partial charge in [-0.05, 0) is 42.3 Å². The Balaban J connectivity index is 1.81. The van der Waals surface area contributed by atoms with Crippen LogP contribution in [0, 0.1) is 0 Å². The maximum absolute atomic E-state index is 12.8. The molecule has 2 aromatic carbocycles. The predicted octanol–water partition coefficient (Wildman–Crippen LogP) is 2.62. The topological polar surface area (TPSA) is 50.4 Å². The van der Waals surface area contributed by atoms with Crippen LogP contribution in [0.4, 0.5) is 5.69 Å². The fraction of sp³-hybridized carbons (Fsp3) is 0.278. The number of fused-ring (bicyclic) bond motifs is 2. The average Bonchev–Trinajstić information content (AvgIpc) is 3.12. The van der Waals surface area contributed by atoms with E-state index in [1.54, 1.807) is 7.11 Å². The molecule has 0 radical (unpaired) electrons. The fourth-order valence-electron chi connectivity index (χ4n) is 3.80. The van der Waals surface area contributed by atoms with Crippen LogP contribution in [0.15, 0.2) is 48.5 Å². The van der Waals surface area contributed by atoms with Crippen molar-refractivity contribution < 1.29 is 9.53 Å². The average molecular weight is 294 g/mol. The largest absolute Gasteiger partial charge is 0.497 e. The van der Waals surface area contributed by atoms with E-state index < -0.39 is 5.41 Å². The van der Waals surface area contributed by atoms with Gasteiger partial charge in [0.2, 0.25) is 5.91 Å². The zero-order valence-corrected chi connectivity index (χ0v) is 12.4. The van der Waals surface area contributed by atoms with Crippen LogP contribution < -0.4 is 15.4 Å². The molecule has 2 heterocycles. The van der Waals surface area contributed by atoms with Gasteiger partial charge in [0.15, 0.2) is 0 Å². The van der Waals surface area contributed by atoms with Crippen LogP contribution in [0.5, 0.6) is 5.75 Å². The van der Waals surface area contributed by atoms with Crippen molar-refractivity contribution in [3.63, 3.8) is 0 Å². The fourth-order valence-corrected chi connectivity index (χ4v) is 3.80. The van der Waals surface area contributed by atoms with Crippen molar-refractivity contribution in [1.29, 1.82) is 0 Å². The highest BCUT2D eigenvalue weighted by Crippen LogP contribution is 2.50. The minimum absolute atomic E-state index is 0.0120. The van der Waals surface area contributed by atoms with Crippen molar-refractivity contribution in [2.24, 2.45) is 0 Å². The quantitative estimate of drug-likeness (QED) is 0.895. The molecular formula is C18H18N2O2. The van der Waals surface area contributed by atoms with Crippen molar-refractivity contribution in [2.75, 3.05) is 19.0 Å². The number of hydrogen-bond acceptors (Lipinski definition) is 3. The van der Waals surface area contributed by atoms with Crippen LogP contribution in [-0.2, 0) is 10.2 Å². The molecule has 1 spiro atoms. The van der Waals surface area contributed by atoms with Crippen LogP contribution in [-0.4, -0.2) is 19.6 Å². The Bertz CT molecular complexity index is 726. The number of benzene rings is 2. The normalized spacial score (nSPS) is 26.0. The Kier molecular flexibility index (Phi) is 2.94. The summed E-state index contributed by atoms with van der Waals surface area (Å²) >= 11 is 0. The molecule has 1 saturated heterocycles. The predicted molar refractivity (Wildman–Crippen MR) is 85.1 cm³/mol. The molecule has 4 nitrogen and oxygen atoms in total. The van der Waals surface area contributed by atoms with E-state index in [1.165, 1.54) is 0 Å².